The van der Waals surface area contributed by atoms with E-state index in [2.05, 4.69) is 20.5 Å². The number of likely N-dealkylation sites (tertiary alicyclic amines) is 1. The Bertz CT molecular complexity index is 577. The Morgan fingerprint density at radius 3 is 2.79 bits per heavy atom. The van der Waals surface area contributed by atoms with Crippen LogP contribution in [0.5, 0.6) is 0 Å². The number of carbonyl (C=O) groups is 2. The molecule has 1 fully saturated rings. The first kappa shape index (κ1) is 18.6. The maximum Gasteiger partial charge on any atom is 0.244 e. The number of amides is 2. The zero-order valence-corrected chi connectivity index (χ0v) is 15.2. The second-order valence-corrected chi connectivity index (χ2v) is 7.10. The number of hydrogen-bond acceptors (Lipinski definition) is 5. The molecule has 6 nitrogen and oxygen atoms in total. The first-order chi connectivity index (χ1) is 11.6. The minimum atomic E-state index is -0.0835. The topological polar surface area (TPSA) is 74.3 Å². The minimum absolute atomic E-state index is 0.0835. The summed E-state index contributed by atoms with van der Waals surface area (Å²) < 4.78 is 0. The highest BCUT2D eigenvalue weighted by molar-refractivity contribution is 7.09. The summed E-state index contributed by atoms with van der Waals surface area (Å²) in [5.41, 5.74) is 0.820. The lowest BCUT2D eigenvalue weighted by Gasteiger charge is -2.31. The van der Waals surface area contributed by atoms with E-state index >= 15 is 0 Å². The van der Waals surface area contributed by atoms with Gasteiger partial charge in [-0.05, 0) is 32.3 Å². The Hall–Kier alpha value is -1.73. The molecule has 0 aromatic carbocycles. The third-order valence-electron chi connectivity index (χ3n) is 3.92. The quantitative estimate of drug-likeness (QED) is 0.732. The molecular weight excluding hydrogens is 324 g/mol. The van der Waals surface area contributed by atoms with Gasteiger partial charge in [0.25, 0.3) is 0 Å². The molecule has 0 radical (unpaired) electrons. The normalized spacial score (nSPS) is 16.4. The molecule has 24 heavy (non-hydrogen) atoms. The number of aromatic nitrogens is 1. The molecule has 1 aromatic heterocycles. The molecule has 0 bridgehead atoms. The van der Waals surface area contributed by atoms with Gasteiger partial charge in [-0.3, -0.25) is 14.5 Å². The molecule has 2 N–H and O–H groups in total. The lowest BCUT2D eigenvalue weighted by molar-refractivity contribution is -0.123. The summed E-state index contributed by atoms with van der Waals surface area (Å²) in [6, 6.07) is 0.175. The number of nitrogens with one attached hydrogen (secondary N) is 2. The highest BCUT2D eigenvalue weighted by Crippen LogP contribution is 2.11. The predicted octanol–water partition coefficient (Wildman–Crippen LogP) is 1.57. The molecule has 0 aliphatic carbocycles. The maximum atomic E-state index is 12.0. The number of piperidine rings is 1. The summed E-state index contributed by atoms with van der Waals surface area (Å²) in [5, 5.41) is 8.84. The molecular formula is C17H26N4O2S. The highest BCUT2D eigenvalue weighted by Gasteiger charge is 2.21. The van der Waals surface area contributed by atoms with Crippen LogP contribution < -0.4 is 10.6 Å². The fourth-order valence-corrected chi connectivity index (χ4v) is 3.21. The van der Waals surface area contributed by atoms with Crippen molar-refractivity contribution < 1.29 is 9.59 Å². The minimum Gasteiger partial charge on any atom is -0.355 e. The van der Waals surface area contributed by atoms with E-state index in [1.165, 1.54) is 0 Å². The molecule has 1 aromatic rings. The van der Waals surface area contributed by atoms with Gasteiger partial charge in [0.2, 0.25) is 11.8 Å². The largest absolute Gasteiger partial charge is 0.355 e. The predicted molar refractivity (Wildman–Crippen MR) is 96.8 cm³/mol. The van der Waals surface area contributed by atoms with Gasteiger partial charge in [-0.25, -0.2) is 4.98 Å². The van der Waals surface area contributed by atoms with E-state index in [0.29, 0.717) is 6.54 Å². The number of thiazole rings is 1. The summed E-state index contributed by atoms with van der Waals surface area (Å²) >= 11 is 1.57. The fraction of sp³-hybridized carbons (Fsp3) is 0.588. The van der Waals surface area contributed by atoms with Crippen molar-refractivity contribution in [2.45, 2.75) is 39.2 Å². The van der Waals surface area contributed by atoms with Crippen LogP contribution in [0.3, 0.4) is 0 Å². The van der Waals surface area contributed by atoms with Gasteiger partial charge in [-0.2, -0.15) is 0 Å². The molecule has 2 amide bonds. The molecule has 2 rings (SSSR count). The van der Waals surface area contributed by atoms with Gasteiger partial charge < -0.3 is 10.6 Å². The van der Waals surface area contributed by atoms with E-state index in [-0.39, 0.29) is 17.9 Å². The third kappa shape index (κ3) is 6.41. The monoisotopic (exact) mass is 350 g/mol. The lowest BCUT2D eigenvalue weighted by Crippen LogP contribution is -2.47. The van der Waals surface area contributed by atoms with Crippen molar-refractivity contribution in [3.63, 3.8) is 0 Å². The average Bonchev–Trinajstić information content (AvgIpc) is 2.98. The van der Waals surface area contributed by atoms with E-state index in [4.69, 9.17) is 0 Å². The maximum absolute atomic E-state index is 12.0. The molecule has 0 unspecified atom stereocenters. The highest BCUT2D eigenvalue weighted by atomic mass is 32.1. The van der Waals surface area contributed by atoms with Crippen LogP contribution in [0, 0.1) is 6.92 Å². The van der Waals surface area contributed by atoms with Gasteiger partial charge >= 0.3 is 0 Å². The molecule has 0 spiro atoms. The summed E-state index contributed by atoms with van der Waals surface area (Å²) in [7, 11) is 0. The summed E-state index contributed by atoms with van der Waals surface area (Å²) in [4.78, 5) is 30.1. The summed E-state index contributed by atoms with van der Waals surface area (Å²) in [6.07, 6.45) is 5.98. The van der Waals surface area contributed by atoms with Crippen LogP contribution in [0.1, 0.15) is 36.9 Å². The molecule has 0 atom stereocenters. The Balaban J connectivity index is 1.68. The van der Waals surface area contributed by atoms with Crippen molar-refractivity contribution in [2.24, 2.45) is 0 Å². The molecule has 7 heteroatoms. The number of nitrogens with zero attached hydrogens (tertiary/aromatic N) is 2. The van der Waals surface area contributed by atoms with Gasteiger partial charge in [0, 0.05) is 37.1 Å². The zero-order chi connectivity index (χ0) is 17.4. The van der Waals surface area contributed by atoms with Crippen LogP contribution in [0.2, 0.25) is 0 Å². The van der Waals surface area contributed by atoms with Crippen LogP contribution in [0.15, 0.2) is 11.5 Å². The smallest absolute Gasteiger partial charge is 0.244 e. The van der Waals surface area contributed by atoms with Crippen molar-refractivity contribution in [1.29, 1.82) is 0 Å². The second-order valence-electron chi connectivity index (χ2n) is 6.03. The molecule has 132 valence electrons. The first-order valence-corrected chi connectivity index (χ1v) is 9.34. The number of carbonyl (C=O) groups excluding carboxylic acids is 2. The Kier molecular flexibility index (Phi) is 7.39. The second kappa shape index (κ2) is 9.54. The van der Waals surface area contributed by atoms with Gasteiger partial charge in [0.15, 0.2) is 0 Å². The first-order valence-electron chi connectivity index (χ1n) is 8.46. The Morgan fingerprint density at radius 1 is 1.42 bits per heavy atom. The van der Waals surface area contributed by atoms with E-state index in [1.54, 1.807) is 23.5 Å². The Labute approximate surface area is 147 Å². The van der Waals surface area contributed by atoms with Crippen molar-refractivity contribution in [2.75, 3.05) is 26.2 Å². The average molecular weight is 350 g/mol. The SMILES string of the molecule is CCCNC(=O)CN1CCC(NC(=O)/C=C\c2csc(C)n2)CC1. The fourth-order valence-electron chi connectivity index (χ4n) is 2.63. The number of hydrogen-bond donors (Lipinski definition) is 2. The Morgan fingerprint density at radius 2 is 2.17 bits per heavy atom. The van der Waals surface area contributed by atoms with Crippen LogP contribution in [0.4, 0.5) is 0 Å². The van der Waals surface area contributed by atoms with Gasteiger partial charge in [0.05, 0.1) is 17.2 Å². The van der Waals surface area contributed by atoms with Crippen molar-refractivity contribution >= 4 is 29.2 Å². The van der Waals surface area contributed by atoms with Crippen LogP contribution in [-0.2, 0) is 9.59 Å². The van der Waals surface area contributed by atoms with Gasteiger partial charge in [0.1, 0.15) is 0 Å². The lowest BCUT2D eigenvalue weighted by atomic mass is 10.0. The molecule has 2 heterocycles. The zero-order valence-electron chi connectivity index (χ0n) is 14.4. The van der Waals surface area contributed by atoms with Crippen LogP contribution in [0.25, 0.3) is 6.08 Å². The standard InChI is InChI=1S/C17H26N4O2S/c1-3-8-18-17(23)11-21-9-6-14(7-10-21)20-16(22)5-4-15-12-24-13(2)19-15/h4-5,12,14H,3,6-11H2,1-2H3,(H,18,23)(H,20,22)/b5-4-. The van der Waals surface area contributed by atoms with Crippen molar-refractivity contribution in [3.05, 3.63) is 22.2 Å². The van der Waals surface area contributed by atoms with Crippen molar-refractivity contribution in [3.8, 4) is 0 Å². The summed E-state index contributed by atoms with van der Waals surface area (Å²) in [5.74, 6) is 0.000571. The van der Waals surface area contributed by atoms with E-state index in [9.17, 15) is 9.59 Å². The molecule has 1 saturated heterocycles. The van der Waals surface area contributed by atoms with E-state index in [0.717, 1.165) is 49.6 Å². The van der Waals surface area contributed by atoms with Crippen LogP contribution >= 0.6 is 11.3 Å². The van der Waals surface area contributed by atoms with E-state index < -0.39 is 0 Å². The van der Waals surface area contributed by atoms with Crippen LogP contribution in [-0.4, -0.2) is 53.9 Å². The van der Waals surface area contributed by atoms with Gasteiger partial charge in [-0.1, -0.05) is 6.92 Å². The number of aryl methyl sites for hydroxylation is 1. The van der Waals surface area contributed by atoms with Gasteiger partial charge in [-0.15, -0.1) is 11.3 Å². The summed E-state index contributed by atoms with van der Waals surface area (Å²) in [6.45, 7) is 6.83. The van der Waals surface area contributed by atoms with E-state index in [1.807, 2.05) is 19.2 Å². The molecule has 0 saturated carbocycles. The number of rotatable bonds is 7. The third-order valence-corrected chi connectivity index (χ3v) is 4.71. The molecule has 1 aliphatic rings. The van der Waals surface area contributed by atoms with Crippen molar-refractivity contribution in [1.82, 2.24) is 20.5 Å². The molecule has 1 aliphatic heterocycles.